The Labute approximate surface area is 232 Å². The van der Waals surface area contributed by atoms with Gasteiger partial charge in [0.25, 0.3) is 10.0 Å². The molecule has 3 aromatic heterocycles. The van der Waals surface area contributed by atoms with Gasteiger partial charge in [0.15, 0.2) is 5.65 Å². The molecule has 200 valence electrons. The summed E-state index contributed by atoms with van der Waals surface area (Å²) in [5.74, 6) is 0.345. The number of hydrogen-bond donors (Lipinski definition) is 2. The predicted octanol–water partition coefficient (Wildman–Crippen LogP) is 5.16. The van der Waals surface area contributed by atoms with E-state index in [2.05, 4.69) is 39.1 Å². The van der Waals surface area contributed by atoms with Crippen LogP contribution in [-0.2, 0) is 16.6 Å². The fraction of sp³-hybridized carbons (Fsp3) is 0.241. The number of nitrogens with zero attached hydrogens (tertiary/aromatic N) is 4. The minimum Gasteiger partial charge on any atom is -0.324 e. The second-order valence-electron chi connectivity index (χ2n) is 9.90. The van der Waals surface area contributed by atoms with Crippen LogP contribution in [0.5, 0.6) is 0 Å². The Morgan fingerprint density at radius 1 is 0.949 bits per heavy atom. The molecule has 39 heavy (non-hydrogen) atoms. The molecule has 0 bridgehead atoms. The van der Waals surface area contributed by atoms with E-state index in [4.69, 9.17) is 9.97 Å². The Bertz CT molecular complexity index is 1720. The van der Waals surface area contributed by atoms with Crippen molar-refractivity contribution in [3.63, 3.8) is 0 Å². The van der Waals surface area contributed by atoms with E-state index in [1.165, 1.54) is 9.54 Å². The van der Waals surface area contributed by atoms with Crippen molar-refractivity contribution in [2.45, 2.75) is 25.3 Å². The van der Waals surface area contributed by atoms with Crippen molar-refractivity contribution in [3.05, 3.63) is 88.9 Å². The molecule has 2 aromatic carbocycles. The van der Waals surface area contributed by atoms with Crippen LogP contribution >= 0.6 is 11.3 Å². The summed E-state index contributed by atoms with van der Waals surface area (Å²) < 4.78 is 28.5. The van der Waals surface area contributed by atoms with Gasteiger partial charge >= 0.3 is 0 Å². The third-order valence-corrected chi connectivity index (χ3v) is 9.61. The van der Waals surface area contributed by atoms with Gasteiger partial charge in [-0.2, -0.15) is 4.98 Å². The first-order chi connectivity index (χ1) is 18.9. The predicted molar refractivity (Wildman–Crippen MR) is 157 cm³/mol. The van der Waals surface area contributed by atoms with Gasteiger partial charge in [-0.05, 0) is 66.8 Å². The lowest BCUT2D eigenvalue weighted by molar-refractivity contribution is 0.233. The van der Waals surface area contributed by atoms with Crippen LogP contribution in [0.2, 0.25) is 0 Å². The van der Waals surface area contributed by atoms with Crippen LogP contribution in [-0.4, -0.2) is 53.4 Å². The number of fused-ring (bicyclic) bond motifs is 1. The molecule has 1 fully saturated rings. The lowest BCUT2D eigenvalue weighted by Crippen LogP contribution is -2.42. The van der Waals surface area contributed by atoms with Crippen molar-refractivity contribution in [1.82, 2.24) is 24.2 Å². The Morgan fingerprint density at radius 2 is 1.69 bits per heavy atom. The van der Waals surface area contributed by atoms with Crippen molar-refractivity contribution >= 4 is 44.0 Å². The largest absolute Gasteiger partial charge is 0.324 e. The molecule has 0 radical (unpaired) electrons. The number of nitrogens with one attached hydrogen (secondary N) is 2. The second-order valence-corrected chi connectivity index (χ2v) is 12.6. The monoisotopic (exact) mass is 558 g/mol. The molecule has 4 heterocycles. The molecular weight excluding hydrogens is 528 g/mol. The number of benzene rings is 2. The average molecular weight is 559 g/mol. The summed E-state index contributed by atoms with van der Waals surface area (Å²) in [6, 6.07) is 18.9. The van der Waals surface area contributed by atoms with E-state index in [0.29, 0.717) is 22.7 Å². The SMILES string of the molecule is Cc1ccc(S(=O)(=O)n2ccc3c(-c4cc(C)cs4)nc(Nc4ccc(CN5CCNCC5)cc4)nc32)cc1. The van der Waals surface area contributed by atoms with Gasteiger partial charge in [-0.1, -0.05) is 29.8 Å². The Morgan fingerprint density at radius 3 is 2.38 bits per heavy atom. The zero-order valence-corrected chi connectivity index (χ0v) is 23.5. The maximum Gasteiger partial charge on any atom is 0.269 e. The molecule has 0 atom stereocenters. The van der Waals surface area contributed by atoms with Gasteiger partial charge < -0.3 is 10.6 Å². The number of rotatable bonds is 7. The molecule has 0 amide bonds. The molecule has 0 saturated carbocycles. The van der Waals surface area contributed by atoms with E-state index in [1.807, 2.05) is 26.0 Å². The van der Waals surface area contributed by atoms with E-state index in [0.717, 1.165) is 54.4 Å². The second kappa shape index (κ2) is 10.5. The summed E-state index contributed by atoms with van der Waals surface area (Å²) in [6.45, 7) is 9.01. The number of thiophene rings is 1. The van der Waals surface area contributed by atoms with E-state index in [1.54, 1.807) is 47.9 Å². The van der Waals surface area contributed by atoms with Gasteiger partial charge in [-0.3, -0.25) is 4.90 Å². The smallest absolute Gasteiger partial charge is 0.269 e. The first-order valence-electron chi connectivity index (χ1n) is 12.9. The van der Waals surface area contributed by atoms with Crippen molar-refractivity contribution in [3.8, 4) is 10.6 Å². The Balaban J connectivity index is 1.37. The highest BCUT2D eigenvalue weighted by atomic mass is 32.2. The van der Waals surface area contributed by atoms with Crippen LogP contribution in [0.4, 0.5) is 11.6 Å². The maximum absolute atomic E-state index is 13.6. The van der Waals surface area contributed by atoms with E-state index < -0.39 is 10.0 Å². The molecule has 8 nitrogen and oxygen atoms in total. The highest BCUT2D eigenvalue weighted by Crippen LogP contribution is 2.34. The Kier molecular flexibility index (Phi) is 6.94. The van der Waals surface area contributed by atoms with Crippen LogP contribution in [0.15, 0.2) is 77.1 Å². The number of aryl methyl sites for hydroxylation is 2. The Hall–Kier alpha value is -3.57. The molecule has 2 N–H and O–H groups in total. The third-order valence-electron chi connectivity index (χ3n) is 6.88. The lowest BCUT2D eigenvalue weighted by Gasteiger charge is -2.27. The molecule has 1 aliphatic rings. The van der Waals surface area contributed by atoms with Crippen molar-refractivity contribution < 1.29 is 8.42 Å². The molecule has 6 rings (SSSR count). The van der Waals surface area contributed by atoms with Crippen LogP contribution in [0.3, 0.4) is 0 Å². The minimum atomic E-state index is -3.85. The summed E-state index contributed by atoms with van der Waals surface area (Å²) in [4.78, 5) is 13.2. The summed E-state index contributed by atoms with van der Waals surface area (Å²) in [7, 11) is -3.85. The van der Waals surface area contributed by atoms with Gasteiger partial charge in [0, 0.05) is 50.0 Å². The molecule has 0 spiro atoms. The summed E-state index contributed by atoms with van der Waals surface area (Å²) in [5, 5.41) is 9.44. The number of aromatic nitrogens is 3. The molecule has 0 unspecified atom stereocenters. The molecule has 10 heteroatoms. The fourth-order valence-corrected chi connectivity index (χ4v) is 6.96. The van der Waals surface area contributed by atoms with Gasteiger partial charge in [-0.15, -0.1) is 11.3 Å². The molecule has 0 aliphatic carbocycles. The quantitative estimate of drug-likeness (QED) is 0.285. The minimum absolute atomic E-state index is 0.215. The highest BCUT2D eigenvalue weighted by molar-refractivity contribution is 7.90. The summed E-state index contributed by atoms with van der Waals surface area (Å²) in [5.41, 5.74) is 5.24. The number of piperazine rings is 1. The highest BCUT2D eigenvalue weighted by Gasteiger charge is 2.23. The molecular formula is C29H30N6O2S2. The summed E-state index contributed by atoms with van der Waals surface area (Å²) >= 11 is 1.58. The van der Waals surface area contributed by atoms with E-state index >= 15 is 0 Å². The number of hydrogen-bond acceptors (Lipinski definition) is 8. The summed E-state index contributed by atoms with van der Waals surface area (Å²) in [6.07, 6.45) is 1.56. The van der Waals surface area contributed by atoms with Crippen molar-refractivity contribution in [2.24, 2.45) is 0 Å². The average Bonchev–Trinajstić information content (AvgIpc) is 3.57. The fourth-order valence-electron chi connectivity index (χ4n) is 4.76. The van der Waals surface area contributed by atoms with Crippen LogP contribution in [0, 0.1) is 13.8 Å². The maximum atomic E-state index is 13.6. The zero-order valence-electron chi connectivity index (χ0n) is 21.9. The van der Waals surface area contributed by atoms with Gasteiger partial charge in [0.05, 0.1) is 15.5 Å². The topological polar surface area (TPSA) is 92.2 Å². The van der Waals surface area contributed by atoms with Crippen LogP contribution < -0.4 is 10.6 Å². The van der Waals surface area contributed by atoms with Crippen molar-refractivity contribution in [1.29, 1.82) is 0 Å². The lowest BCUT2D eigenvalue weighted by atomic mass is 10.2. The van der Waals surface area contributed by atoms with Gasteiger partial charge in [0.1, 0.15) is 0 Å². The molecule has 1 aliphatic heterocycles. The van der Waals surface area contributed by atoms with Crippen LogP contribution in [0.25, 0.3) is 21.6 Å². The zero-order chi connectivity index (χ0) is 27.0. The van der Waals surface area contributed by atoms with Gasteiger partial charge in [-0.25, -0.2) is 17.4 Å². The molecule has 1 saturated heterocycles. The number of anilines is 2. The third kappa shape index (κ3) is 5.33. The first kappa shape index (κ1) is 25.7. The normalized spacial score (nSPS) is 14.6. The van der Waals surface area contributed by atoms with E-state index in [-0.39, 0.29) is 4.90 Å². The standard InChI is InChI=1S/C29H30N6O2S2/c1-20-3-9-24(10-4-20)39(36,37)35-14-11-25-27(26-17-21(2)19-38-26)32-29(33-28(25)35)31-23-7-5-22(6-8-23)18-34-15-12-30-13-16-34/h3-11,14,17,19,30H,12-13,15-16,18H2,1-2H3,(H,31,32,33). The van der Waals surface area contributed by atoms with Gasteiger partial charge in [0.2, 0.25) is 5.95 Å². The van der Waals surface area contributed by atoms with Crippen LogP contribution in [0.1, 0.15) is 16.7 Å². The van der Waals surface area contributed by atoms with Crippen molar-refractivity contribution in [2.75, 3.05) is 31.5 Å². The first-order valence-corrected chi connectivity index (χ1v) is 15.2. The molecule has 5 aromatic rings. The van der Waals surface area contributed by atoms with E-state index in [9.17, 15) is 8.42 Å².